The van der Waals surface area contributed by atoms with Crippen molar-refractivity contribution in [1.29, 1.82) is 0 Å². The third kappa shape index (κ3) is 3.04. The van der Waals surface area contributed by atoms with Gasteiger partial charge in [0.1, 0.15) is 5.54 Å². The van der Waals surface area contributed by atoms with Crippen LogP contribution in [0, 0.1) is 0 Å². The van der Waals surface area contributed by atoms with E-state index in [1.54, 1.807) is 0 Å². The zero-order valence-electron chi connectivity index (χ0n) is 11.7. The van der Waals surface area contributed by atoms with E-state index in [1.807, 2.05) is 0 Å². The molecule has 0 aromatic rings. The van der Waals surface area contributed by atoms with Crippen LogP contribution in [0.5, 0.6) is 0 Å². The molecule has 110 valence electrons. The first-order valence-electron chi connectivity index (χ1n) is 7.35. The summed E-state index contributed by atoms with van der Waals surface area (Å²) in [5.74, 6) is -0.0923. The minimum absolute atomic E-state index is 0.0923. The Kier molecular flexibility index (Phi) is 4.84. The van der Waals surface area contributed by atoms with E-state index in [2.05, 4.69) is 15.3 Å². The lowest BCUT2D eigenvalue weighted by molar-refractivity contribution is -0.132. The predicted molar refractivity (Wildman–Crippen MR) is 73.9 cm³/mol. The highest BCUT2D eigenvalue weighted by Gasteiger charge is 2.49. The van der Waals surface area contributed by atoms with Gasteiger partial charge in [-0.15, -0.1) is 0 Å². The van der Waals surface area contributed by atoms with Crippen LogP contribution in [-0.4, -0.2) is 35.5 Å². The minimum atomic E-state index is -0.671. The van der Waals surface area contributed by atoms with Gasteiger partial charge in [0.15, 0.2) is 0 Å². The van der Waals surface area contributed by atoms with Crippen molar-refractivity contribution in [2.24, 2.45) is 5.11 Å². The average Bonchev–Trinajstić information content (AvgIpc) is 2.63. The van der Waals surface area contributed by atoms with E-state index in [9.17, 15) is 9.59 Å². The predicted octanol–water partition coefficient (Wildman–Crippen LogP) is 2.72. The Hall–Kier alpha value is -1.75. The second-order valence-corrected chi connectivity index (χ2v) is 5.54. The van der Waals surface area contributed by atoms with Gasteiger partial charge in [0, 0.05) is 18.0 Å². The van der Waals surface area contributed by atoms with E-state index in [0.29, 0.717) is 19.5 Å². The van der Waals surface area contributed by atoms with Gasteiger partial charge in [-0.1, -0.05) is 37.2 Å². The lowest BCUT2D eigenvalue weighted by Crippen LogP contribution is -2.47. The third-order valence-corrected chi connectivity index (χ3v) is 4.16. The summed E-state index contributed by atoms with van der Waals surface area (Å²) in [7, 11) is 0. The SMILES string of the molecule is [N-]=[N+]=NCCCN1C(=O)NC2(CCCCCCC2)C1=O. The molecule has 1 N–H and O–H groups in total. The molecular weight excluding hydrogens is 258 g/mol. The highest BCUT2D eigenvalue weighted by molar-refractivity contribution is 6.07. The van der Waals surface area contributed by atoms with Crippen molar-refractivity contribution in [3.05, 3.63) is 10.4 Å². The molecule has 2 rings (SSSR count). The monoisotopic (exact) mass is 279 g/mol. The molecule has 1 aliphatic carbocycles. The fourth-order valence-electron chi connectivity index (χ4n) is 3.07. The topological polar surface area (TPSA) is 98.2 Å². The number of carbonyl (C=O) groups is 2. The second kappa shape index (κ2) is 6.61. The van der Waals surface area contributed by atoms with E-state index in [4.69, 9.17) is 5.53 Å². The summed E-state index contributed by atoms with van der Waals surface area (Å²) >= 11 is 0. The van der Waals surface area contributed by atoms with Gasteiger partial charge in [-0.3, -0.25) is 9.69 Å². The molecule has 2 aliphatic rings. The number of azide groups is 1. The molecule has 1 spiro atoms. The molecule has 7 heteroatoms. The largest absolute Gasteiger partial charge is 0.325 e. The number of hydrogen-bond donors (Lipinski definition) is 1. The van der Waals surface area contributed by atoms with Crippen molar-refractivity contribution in [3.8, 4) is 0 Å². The van der Waals surface area contributed by atoms with Crippen LogP contribution >= 0.6 is 0 Å². The van der Waals surface area contributed by atoms with Crippen molar-refractivity contribution >= 4 is 11.9 Å². The summed E-state index contributed by atoms with van der Waals surface area (Å²) in [5, 5.41) is 6.34. The Balaban J connectivity index is 2.00. The van der Waals surface area contributed by atoms with Crippen LogP contribution in [-0.2, 0) is 4.79 Å². The maximum atomic E-state index is 12.6. The standard InChI is InChI=1S/C13H21N5O2/c14-17-15-9-6-10-18-11(19)13(16-12(18)20)7-4-2-1-3-5-8-13/h1-10H2,(H,16,20). The number of imide groups is 1. The first kappa shape index (κ1) is 14.7. The molecule has 3 amide bonds. The van der Waals surface area contributed by atoms with E-state index < -0.39 is 5.54 Å². The fourth-order valence-corrected chi connectivity index (χ4v) is 3.07. The molecule has 0 bridgehead atoms. The molecule has 0 unspecified atom stereocenters. The van der Waals surface area contributed by atoms with Gasteiger partial charge >= 0.3 is 6.03 Å². The van der Waals surface area contributed by atoms with Gasteiger partial charge in [0.2, 0.25) is 0 Å². The van der Waals surface area contributed by atoms with Gasteiger partial charge in [-0.25, -0.2) is 4.79 Å². The lowest BCUT2D eigenvalue weighted by atomic mass is 9.84. The molecule has 0 radical (unpaired) electrons. The van der Waals surface area contributed by atoms with Crippen molar-refractivity contribution in [2.45, 2.75) is 56.9 Å². The van der Waals surface area contributed by atoms with Gasteiger partial charge in [-0.05, 0) is 24.8 Å². The molecular formula is C13H21N5O2. The Bertz CT molecular complexity index is 422. The molecule has 7 nitrogen and oxygen atoms in total. The molecule has 1 heterocycles. The number of urea groups is 1. The van der Waals surface area contributed by atoms with Crippen LogP contribution in [0.2, 0.25) is 0 Å². The Labute approximate surface area is 118 Å². The lowest BCUT2D eigenvalue weighted by Gasteiger charge is -2.28. The Morgan fingerprint density at radius 3 is 2.50 bits per heavy atom. The molecule has 2 fully saturated rings. The van der Waals surface area contributed by atoms with Crippen LogP contribution < -0.4 is 5.32 Å². The van der Waals surface area contributed by atoms with Crippen molar-refractivity contribution in [3.63, 3.8) is 0 Å². The molecule has 20 heavy (non-hydrogen) atoms. The highest BCUT2D eigenvalue weighted by atomic mass is 16.2. The number of hydrogen-bond acceptors (Lipinski definition) is 3. The quantitative estimate of drug-likeness (QED) is 0.281. The van der Waals surface area contributed by atoms with Crippen LogP contribution in [0.4, 0.5) is 4.79 Å². The van der Waals surface area contributed by atoms with Crippen molar-refractivity contribution in [2.75, 3.05) is 13.1 Å². The summed E-state index contributed by atoms with van der Waals surface area (Å²) in [4.78, 5) is 28.5. The number of carbonyl (C=O) groups excluding carboxylic acids is 2. The summed E-state index contributed by atoms with van der Waals surface area (Å²) < 4.78 is 0. The first-order valence-corrected chi connectivity index (χ1v) is 7.35. The molecule has 1 saturated heterocycles. The van der Waals surface area contributed by atoms with Crippen LogP contribution in [0.3, 0.4) is 0 Å². The smallest absolute Gasteiger partial charge is 0.323 e. The molecule has 1 aliphatic heterocycles. The molecule has 1 saturated carbocycles. The Morgan fingerprint density at radius 2 is 1.85 bits per heavy atom. The number of rotatable bonds is 4. The van der Waals surface area contributed by atoms with E-state index in [1.165, 1.54) is 11.3 Å². The molecule has 0 atom stereocenters. The fraction of sp³-hybridized carbons (Fsp3) is 0.846. The van der Waals surface area contributed by atoms with E-state index in [-0.39, 0.29) is 11.9 Å². The van der Waals surface area contributed by atoms with E-state index in [0.717, 1.165) is 38.5 Å². The molecule has 0 aromatic heterocycles. The van der Waals surface area contributed by atoms with Crippen LogP contribution in [0.15, 0.2) is 5.11 Å². The number of nitrogens with zero attached hydrogens (tertiary/aromatic N) is 4. The van der Waals surface area contributed by atoms with Crippen molar-refractivity contribution < 1.29 is 9.59 Å². The average molecular weight is 279 g/mol. The van der Waals surface area contributed by atoms with Crippen LogP contribution in [0.1, 0.15) is 51.4 Å². The van der Waals surface area contributed by atoms with Crippen LogP contribution in [0.25, 0.3) is 10.4 Å². The normalized spacial score (nSPS) is 22.1. The van der Waals surface area contributed by atoms with Crippen molar-refractivity contribution in [1.82, 2.24) is 10.2 Å². The zero-order valence-corrected chi connectivity index (χ0v) is 11.7. The number of amides is 3. The summed E-state index contributed by atoms with van der Waals surface area (Å²) in [6.07, 6.45) is 7.43. The second-order valence-electron chi connectivity index (χ2n) is 5.54. The summed E-state index contributed by atoms with van der Waals surface area (Å²) in [6.45, 7) is 0.631. The van der Waals surface area contributed by atoms with Gasteiger partial charge in [0.05, 0.1) is 0 Å². The van der Waals surface area contributed by atoms with Gasteiger partial charge < -0.3 is 5.32 Å². The third-order valence-electron chi connectivity index (χ3n) is 4.16. The summed E-state index contributed by atoms with van der Waals surface area (Å²) in [5.41, 5.74) is 7.55. The maximum Gasteiger partial charge on any atom is 0.325 e. The molecule has 0 aromatic carbocycles. The summed E-state index contributed by atoms with van der Waals surface area (Å²) in [6, 6.07) is -0.295. The number of nitrogens with one attached hydrogen (secondary N) is 1. The van der Waals surface area contributed by atoms with Gasteiger partial charge in [0.25, 0.3) is 5.91 Å². The zero-order chi connectivity index (χ0) is 14.4. The first-order chi connectivity index (χ1) is 9.69. The minimum Gasteiger partial charge on any atom is -0.323 e. The Morgan fingerprint density at radius 1 is 1.20 bits per heavy atom. The highest BCUT2D eigenvalue weighted by Crippen LogP contribution is 2.32. The van der Waals surface area contributed by atoms with E-state index >= 15 is 0 Å². The van der Waals surface area contributed by atoms with Gasteiger partial charge in [-0.2, -0.15) is 0 Å². The maximum absolute atomic E-state index is 12.6.